The van der Waals surface area contributed by atoms with Gasteiger partial charge in [-0.3, -0.25) is 9.59 Å². The molecule has 0 saturated heterocycles. The van der Waals surface area contributed by atoms with Gasteiger partial charge in [0.2, 0.25) is 0 Å². The van der Waals surface area contributed by atoms with Gasteiger partial charge < -0.3 is 9.15 Å². The van der Waals surface area contributed by atoms with Crippen LogP contribution in [0.5, 0.6) is 0 Å². The quantitative estimate of drug-likeness (QED) is 0.427. The molecule has 1 heterocycles. The van der Waals surface area contributed by atoms with Crippen LogP contribution in [0.25, 0.3) is 0 Å². The van der Waals surface area contributed by atoms with E-state index in [1.165, 1.54) is 0 Å². The highest BCUT2D eigenvalue weighted by Gasteiger charge is 2.69. The van der Waals surface area contributed by atoms with Gasteiger partial charge in [-0.15, -0.1) is 0 Å². The largest absolute Gasteiger partial charge is 0.472 e. The second-order valence-corrected chi connectivity index (χ2v) is 13.1. The van der Waals surface area contributed by atoms with Crippen molar-refractivity contribution in [3.05, 3.63) is 83.9 Å². The Bertz CT molecular complexity index is 1370. The lowest BCUT2D eigenvalue weighted by molar-refractivity contribution is -0.165. The maximum absolute atomic E-state index is 13.6. The summed E-state index contributed by atoms with van der Waals surface area (Å²) < 4.78 is 11.8. The molecule has 0 bridgehead atoms. The summed E-state index contributed by atoms with van der Waals surface area (Å²) in [6, 6.07) is 11.0. The van der Waals surface area contributed by atoms with E-state index in [9.17, 15) is 14.4 Å². The normalized spacial score (nSPS) is 39.1. The Hall–Kier alpha value is -3.21. The fraction of sp³-hybridized carbons (Fsp3) is 0.485. The molecule has 38 heavy (non-hydrogen) atoms. The maximum Gasteiger partial charge on any atom is 0.338 e. The van der Waals surface area contributed by atoms with Crippen molar-refractivity contribution in [2.45, 2.75) is 65.9 Å². The van der Waals surface area contributed by atoms with Gasteiger partial charge in [-0.25, -0.2) is 4.79 Å². The highest BCUT2D eigenvalue weighted by molar-refractivity contribution is 6.01. The van der Waals surface area contributed by atoms with Gasteiger partial charge in [0.1, 0.15) is 6.10 Å². The first-order chi connectivity index (χ1) is 17.9. The zero-order chi connectivity index (χ0) is 27.1. The van der Waals surface area contributed by atoms with Crippen LogP contribution in [0.3, 0.4) is 0 Å². The van der Waals surface area contributed by atoms with E-state index in [0.717, 1.165) is 24.0 Å². The average Bonchev–Trinajstić information content (AvgIpc) is 3.49. The van der Waals surface area contributed by atoms with Crippen LogP contribution in [-0.4, -0.2) is 23.6 Å². The molecule has 2 saturated carbocycles. The Morgan fingerprint density at radius 2 is 1.74 bits per heavy atom. The number of hydrogen-bond acceptors (Lipinski definition) is 5. The second kappa shape index (κ2) is 8.14. The average molecular weight is 513 g/mol. The summed E-state index contributed by atoms with van der Waals surface area (Å²) in [5.74, 6) is -0.372. The molecule has 0 N–H and O–H groups in total. The lowest BCUT2D eigenvalue weighted by Crippen LogP contribution is -2.64. The fourth-order valence-electron chi connectivity index (χ4n) is 9.01. The fourth-order valence-corrected chi connectivity index (χ4v) is 9.01. The highest BCUT2D eigenvalue weighted by atomic mass is 16.5. The predicted molar refractivity (Wildman–Crippen MR) is 143 cm³/mol. The van der Waals surface area contributed by atoms with Crippen molar-refractivity contribution >= 4 is 17.5 Å². The van der Waals surface area contributed by atoms with Crippen molar-refractivity contribution in [3.8, 4) is 0 Å². The molecular weight excluding hydrogens is 476 g/mol. The topological polar surface area (TPSA) is 73.6 Å². The molecule has 5 nitrogen and oxygen atoms in total. The number of furan rings is 1. The van der Waals surface area contributed by atoms with Crippen LogP contribution >= 0.6 is 0 Å². The standard InChI is InChI=1S/C33H36O5/c1-30(2)24-18-27(38-29(36)20-9-7-6-8-10-20)33(5)23(31(24,3)15-12-26(30)35)11-14-32(4)25(33)17-22(34)28(32)21-13-16-37-19-21/h6-10,12-13,15-17,19,23-24,27-28H,11,14,18H2,1-5H3/t23-,24+,27-,28-,31-,32-,33-/m1/s1. The van der Waals surface area contributed by atoms with Crippen molar-refractivity contribution in [2.24, 2.45) is 33.5 Å². The van der Waals surface area contributed by atoms with E-state index in [2.05, 4.69) is 26.8 Å². The number of fused-ring (bicyclic) bond motifs is 5. The Morgan fingerprint density at radius 3 is 2.42 bits per heavy atom. The highest BCUT2D eigenvalue weighted by Crippen LogP contribution is 2.72. The van der Waals surface area contributed by atoms with Crippen LogP contribution in [0.1, 0.15) is 75.7 Å². The molecule has 2 fully saturated rings. The number of carbonyl (C=O) groups excluding carboxylic acids is 3. The number of esters is 1. The van der Waals surface area contributed by atoms with Crippen LogP contribution in [0.15, 0.2) is 77.1 Å². The number of ketones is 2. The summed E-state index contributed by atoms with van der Waals surface area (Å²) in [6.07, 6.45) is 10.8. The molecule has 5 heteroatoms. The van der Waals surface area contributed by atoms with Gasteiger partial charge in [0.05, 0.1) is 24.0 Å². The molecule has 0 spiro atoms. The lowest BCUT2D eigenvalue weighted by Gasteiger charge is -2.66. The third-order valence-electron chi connectivity index (χ3n) is 10.9. The molecular formula is C33H36O5. The zero-order valence-electron chi connectivity index (χ0n) is 22.8. The van der Waals surface area contributed by atoms with Crippen LogP contribution in [0.2, 0.25) is 0 Å². The molecule has 1 aromatic carbocycles. The molecule has 0 amide bonds. The predicted octanol–water partition coefficient (Wildman–Crippen LogP) is 6.71. The molecule has 4 aliphatic rings. The molecule has 2 aromatic rings. The van der Waals surface area contributed by atoms with E-state index < -0.39 is 22.3 Å². The van der Waals surface area contributed by atoms with E-state index in [-0.39, 0.29) is 40.7 Å². The van der Waals surface area contributed by atoms with Crippen LogP contribution < -0.4 is 0 Å². The molecule has 0 unspecified atom stereocenters. The minimum atomic E-state index is -0.581. The van der Waals surface area contributed by atoms with E-state index in [1.54, 1.807) is 30.7 Å². The van der Waals surface area contributed by atoms with Crippen LogP contribution in [-0.2, 0) is 14.3 Å². The second-order valence-electron chi connectivity index (χ2n) is 13.1. The number of allylic oxidation sites excluding steroid dienone is 3. The Labute approximate surface area is 224 Å². The van der Waals surface area contributed by atoms with E-state index >= 15 is 0 Å². The van der Waals surface area contributed by atoms with E-state index in [4.69, 9.17) is 9.15 Å². The van der Waals surface area contributed by atoms with Gasteiger partial charge in [-0.2, -0.15) is 0 Å². The first-order valence-electron chi connectivity index (χ1n) is 13.7. The van der Waals surface area contributed by atoms with Crippen LogP contribution in [0.4, 0.5) is 0 Å². The summed E-state index contributed by atoms with van der Waals surface area (Å²) >= 11 is 0. The third-order valence-corrected chi connectivity index (χ3v) is 10.9. The maximum atomic E-state index is 13.6. The van der Waals surface area contributed by atoms with E-state index in [0.29, 0.717) is 12.0 Å². The lowest BCUT2D eigenvalue weighted by atomic mass is 9.38. The molecule has 198 valence electrons. The van der Waals surface area contributed by atoms with Crippen molar-refractivity contribution in [2.75, 3.05) is 0 Å². The minimum Gasteiger partial charge on any atom is -0.472 e. The van der Waals surface area contributed by atoms with E-state index in [1.807, 2.05) is 44.2 Å². The summed E-state index contributed by atoms with van der Waals surface area (Å²) in [5.41, 5.74) is 0.641. The van der Waals surface area contributed by atoms with Crippen molar-refractivity contribution in [3.63, 3.8) is 0 Å². The Kier molecular flexibility index (Phi) is 5.38. The van der Waals surface area contributed by atoms with Gasteiger partial charge >= 0.3 is 5.97 Å². The van der Waals surface area contributed by atoms with Gasteiger partial charge in [-0.05, 0) is 72.4 Å². The molecule has 7 atom stereocenters. The van der Waals surface area contributed by atoms with Crippen molar-refractivity contribution in [1.82, 2.24) is 0 Å². The number of hydrogen-bond donors (Lipinski definition) is 0. The van der Waals surface area contributed by atoms with Gasteiger partial charge in [-0.1, -0.05) is 58.9 Å². The van der Waals surface area contributed by atoms with Gasteiger partial charge in [0.15, 0.2) is 11.6 Å². The molecule has 6 rings (SSSR count). The third kappa shape index (κ3) is 3.20. The summed E-state index contributed by atoms with van der Waals surface area (Å²) in [4.78, 5) is 40.2. The SMILES string of the molecule is CC1(C)C(=O)C=C[C@]2(C)[C@H]3CC[C@]4(C)C(=CC(=O)[C@H]4c4ccoc4)[C@]3(C)[C@H](OC(=O)c3ccccc3)C[C@@H]12. The zero-order valence-corrected chi connectivity index (χ0v) is 22.8. The summed E-state index contributed by atoms with van der Waals surface area (Å²) in [5, 5.41) is 0. The molecule has 1 aromatic heterocycles. The minimum absolute atomic E-state index is 0.00544. The van der Waals surface area contributed by atoms with Crippen LogP contribution in [0, 0.1) is 33.5 Å². The Morgan fingerprint density at radius 1 is 1.00 bits per heavy atom. The number of benzene rings is 1. The summed E-state index contributed by atoms with van der Waals surface area (Å²) in [7, 11) is 0. The number of carbonyl (C=O) groups is 3. The monoisotopic (exact) mass is 512 g/mol. The Balaban J connectivity index is 1.50. The molecule has 0 radical (unpaired) electrons. The first kappa shape index (κ1) is 25.1. The summed E-state index contributed by atoms with van der Waals surface area (Å²) in [6.45, 7) is 10.7. The number of ether oxygens (including phenoxy) is 1. The first-order valence-corrected chi connectivity index (χ1v) is 13.7. The van der Waals surface area contributed by atoms with Gasteiger partial charge in [0.25, 0.3) is 0 Å². The van der Waals surface area contributed by atoms with Gasteiger partial charge in [0, 0.05) is 21.8 Å². The van der Waals surface area contributed by atoms with Crippen molar-refractivity contribution < 1.29 is 23.5 Å². The molecule has 4 aliphatic carbocycles. The smallest absolute Gasteiger partial charge is 0.338 e. The molecule has 0 aliphatic heterocycles. The number of rotatable bonds is 3. The van der Waals surface area contributed by atoms with Crippen molar-refractivity contribution in [1.29, 1.82) is 0 Å².